The highest BCUT2D eigenvalue weighted by molar-refractivity contribution is 9.08. The van der Waals surface area contributed by atoms with Gasteiger partial charge in [-0.25, -0.2) is 4.39 Å². The van der Waals surface area contributed by atoms with E-state index in [2.05, 4.69) is 15.9 Å². The molecule has 1 heterocycles. The van der Waals surface area contributed by atoms with Crippen molar-refractivity contribution < 1.29 is 13.9 Å². The van der Waals surface area contributed by atoms with Crippen LogP contribution < -0.4 is 9.47 Å². The lowest BCUT2D eigenvalue weighted by Crippen LogP contribution is -2.23. The summed E-state index contributed by atoms with van der Waals surface area (Å²) in [5.41, 5.74) is 3.14. The summed E-state index contributed by atoms with van der Waals surface area (Å²) < 4.78 is 24.9. The van der Waals surface area contributed by atoms with Crippen LogP contribution in [0.25, 0.3) is 0 Å². The van der Waals surface area contributed by atoms with Crippen LogP contribution in [0.15, 0.2) is 36.4 Å². The number of aryl methyl sites for hydroxylation is 1. The highest BCUT2D eigenvalue weighted by Gasteiger charge is 2.24. The van der Waals surface area contributed by atoms with Gasteiger partial charge in [-0.2, -0.15) is 0 Å². The number of hydrogen-bond donors (Lipinski definition) is 0. The number of alkyl halides is 1. The molecule has 4 heteroatoms. The van der Waals surface area contributed by atoms with Gasteiger partial charge in [0.25, 0.3) is 0 Å². The minimum absolute atomic E-state index is 0.0652. The Balaban J connectivity index is 1.68. The molecule has 3 rings (SSSR count). The number of benzene rings is 2. The molecule has 2 aromatic rings. The van der Waals surface area contributed by atoms with Crippen LogP contribution >= 0.6 is 15.9 Å². The average molecular weight is 351 g/mol. The van der Waals surface area contributed by atoms with Crippen molar-refractivity contribution in [2.24, 2.45) is 0 Å². The number of rotatable bonds is 4. The molecule has 1 atom stereocenters. The standard InChI is InChI=1S/C17H16BrFO2/c1-11-3-2-4-12(9-18)17(11)20-10-15-8-13-7-14(19)5-6-16(13)21-15/h2-7,15H,8-10H2,1H3. The minimum Gasteiger partial charge on any atom is -0.489 e. The molecule has 0 radical (unpaired) electrons. The minimum atomic E-state index is -0.223. The summed E-state index contributed by atoms with van der Waals surface area (Å²) in [4.78, 5) is 0. The van der Waals surface area contributed by atoms with Gasteiger partial charge in [-0.3, -0.25) is 0 Å². The predicted octanol–water partition coefficient (Wildman–Crippen LogP) is 4.41. The maximum Gasteiger partial charge on any atom is 0.137 e. The topological polar surface area (TPSA) is 18.5 Å². The van der Waals surface area contributed by atoms with Crippen molar-refractivity contribution >= 4 is 15.9 Å². The fourth-order valence-corrected chi connectivity index (χ4v) is 3.02. The number of hydrogen-bond acceptors (Lipinski definition) is 2. The van der Waals surface area contributed by atoms with Crippen molar-refractivity contribution in [2.45, 2.75) is 24.8 Å². The molecule has 0 amide bonds. The third-order valence-corrected chi connectivity index (χ3v) is 4.22. The Morgan fingerprint density at radius 2 is 2.19 bits per heavy atom. The quantitative estimate of drug-likeness (QED) is 0.760. The first kappa shape index (κ1) is 14.4. The molecule has 1 unspecified atom stereocenters. The Labute approximate surface area is 132 Å². The normalized spacial score (nSPS) is 16.4. The third-order valence-electron chi connectivity index (χ3n) is 3.61. The summed E-state index contributed by atoms with van der Waals surface area (Å²) in [5, 5.41) is 0.751. The largest absolute Gasteiger partial charge is 0.489 e. The van der Waals surface area contributed by atoms with Gasteiger partial charge >= 0.3 is 0 Å². The van der Waals surface area contributed by atoms with Crippen molar-refractivity contribution in [2.75, 3.05) is 6.61 Å². The molecule has 2 aromatic carbocycles. The lowest BCUT2D eigenvalue weighted by molar-refractivity contribution is 0.147. The predicted molar refractivity (Wildman–Crippen MR) is 83.8 cm³/mol. The van der Waals surface area contributed by atoms with Gasteiger partial charge in [-0.05, 0) is 30.7 Å². The van der Waals surface area contributed by atoms with Gasteiger partial charge in [-0.1, -0.05) is 34.1 Å². The molecular formula is C17H16BrFO2. The summed E-state index contributed by atoms with van der Waals surface area (Å²) in [6, 6.07) is 10.7. The molecule has 2 nitrogen and oxygen atoms in total. The Bertz CT molecular complexity index is 657. The van der Waals surface area contributed by atoms with Crippen LogP contribution in [0.5, 0.6) is 11.5 Å². The summed E-state index contributed by atoms with van der Waals surface area (Å²) >= 11 is 3.47. The second-order valence-electron chi connectivity index (χ2n) is 5.20. The molecule has 0 N–H and O–H groups in total. The van der Waals surface area contributed by atoms with Gasteiger partial charge in [-0.15, -0.1) is 0 Å². The average Bonchev–Trinajstić information content (AvgIpc) is 2.87. The van der Waals surface area contributed by atoms with Gasteiger partial charge in [0.2, 0.25) is 0 Å². The summed E-state index contributed by atoms with van der Waals surface area (Å²) in [6.07, 6.45) is 0.618. The first-order chi connectivity index (χ1) is 10.2. The molecule has 0 spiro atoms. The van der Waals surface area contributed by atoms with Crippen LogP contribution in [0.4, 0.5) is 4.39 Å². The van der Waals surface area contributed by atoms with Crippen LogP contribution in [0.3, 0.4) is 0 Å². The van der Waals surface area contributed by atoms with Crippen molar-refractivity contribution in [1.82, 2.24) is 0 Å². The van der Waals surface area contributed by atoms with E-state index in [9.17, 15) is 4.39 Å². The zero-order valence-corrected chi connectivity index (χ0v) is 13.3. The molecular weight excluding hydrogens is 335 g/mol. The molecule has 0 bridgehead atoms. The van der Waals surface area contributed by atoms with E-state index in [4.69, 9.17) is 9.47 Å². The molecule has 110 valence electrons. The van der Waals surface area contributed by atoms with E-state index in [1.165, 1.54) is 12.1 Å². The third kappa shape index (κ3) is 3.05. The van der Waals surface area contributed by atoms with Crippen LogP contribution in [-0.4, -0.2) is 12.7 Å². The molecule has 0 aliphatic carbocycles. The van der Waals surface area contributed by atoms with Gasteiger partial charge in [0.05, 0.1) is 0 Å². The lowest BCUT2D eigenvalue weighted by atomic mass is 10.1. The van der Waals surface area contributed by atoms with E-state index in [-0.39, 0.29) is 11.9 Å². The fraction of sp³-hybridized carbons (Fsp3) is 0.294. The maximum absolute atomic E-state index is 13.2. The van der Waals surface area contributed by atoms with Gasteiger partial charge in [0.1, 0.15) is 30.0 Å². The van der Waals surface area contributed by atoms with E-state index < -0.39 is 0 Å². The Kier molecular flexibility index (Phi) is 4.15. The van der Waals surface area contributed by atoms with Gasteiger partial charge in [0.15, 0.2) is 0 Å². The molecule has 1 aliphatic rings. The van der Waals surface area contributed by atoms with Crippen LogP contribution in [-0.2, 0) is 11.8 Å². The van der Waals surface area contributed by atoms with Crippen LogP contribution in [0.1, 0.15) is 16.7 Å². The van der Waals surface area contributed by atoms with E-state index in [1.807, 2.05) is 25.1 Å². The van der Waals surface area contributed by atoms with E-state index in [0.717, 1.165) is 33.5 Å². The highest BCUT2D eigenvalue weighted by Crippen LogP contribution is 2.31. The number of fused-ring (bicyclic) bond motifs is 1. The maximum atomic E-state index is 13.2. The molecule has 0 saturated carbocycles. The molecule has 0 aromatic heterocycles. The summed E-state index contributed by atoms with van der Waals surface area (Å²) in [7, 11) is 0. The smallest absolute Gasteiger partial charge is 0.137 e. The van der Waals surface area contributed by atoms with Gasteiger partial charge < -0.3 is 9.47 Å². The zero-order valence-electron chi connectivity index (χ0n) is 11.7. The second kappa shape index (κ2) is 6.06. The highest BCUT2D eigenvalue weighted by atomic mass is 79.9. The SMILES string of the molecule is Cc1cccc(CBr)c1OCC1Cc2cc(F)ccc2O1. The Morgan fingerprint density at radius 3 is 3.00 bits per heavy atom. The molecule has 21 heavy (non-hydrogen) atoms. The Morgan fingerprint density at radius 1 is 1.33 bits per heavy atom. The first-order valence-electron chi connectivity index (χ1n) is 6.89. The molecule has 1 aliphatic heterocycles. The van der Waals surface area contributed by atoms with E-state index in [0.29, 0.717) is 13.0 Å². The molecule has 0 saturated heterocycles. The van der Waals surface area contributed by atoms with Crippen LogP contribution in [0, 0.1) is 12.7 Å². The lowest BCUT2D eigenvalue weighted by Gasteiger charge is -2.16. The van der Waals surface area contributed by atoms with Crippen molar-refractivity contribution in [3.05, 3.63) is 58.9 Å². The number of para-hydroxylation sites is 1. The van der Waals surface area contributed by atoms with Crippen molar-refractivity contribution in [3.63, 3.8) is 0 Å². The summed E-state index contributed by atoms with van der Waals surface area (Å²) in [5.74, 6) is 1.44. The van der Waals surface area contributed by atoms with Crippen LogP contribution in [0.2, 0.25) is 0 Å². The fourth-order valence-electron chi connectivity index (χ4n) is 2.58. The number of halogens is 2. The van der Waals surface area contributed by atoms with Gasteiger partial charge in [0, 0.05) is 22.9 Å². The number of ether oxygens (including phenoxy) is 2. The van der Waals surface area contributed by atoms with Crippen molar-refractivity contribution in [3.8, 4) is 11.5 Å². The Hall–Kier alpha value is -1.55. The first-order valence-corrected chi connectivity index (χ1v) is 8.02. The molecule has 0 fully saturated rings. The second-order valence-corrected chi connectivity index (χ2v) is 5.76. The summed E-state index contributed by atoms with van der Waals surface area (Å²) in [6.45, 7) is 2.49. The monoisotopic (exact) mass is 350 g/mol. The van der Waals surface area contributed by atoms with E-state index in [1.54, 1.807) is 6.07 Å². The van der Waals surface area contributed by atoms with E-state index >= 15 is 0 Å². The zero-order chi connectivity index (χ0) is 14.8. The van der Waals surface area contributed by atoms with Crippen molar-refractivity contribution in [1.29, 1.82) is 0 Å².